The fraction of sp³-hybridized carbons (Fsp3) is 0.474. The van der Waals surface area contributed by atoms with Crippen LogP contribution in [-0.2, 0) is 19.9 Å². The zero-order valence-electron chi connectivity index (χ0n) is 28.4. The zero-order chi connectivity index (χ0) is 34.0. The summed E-state index contributed by atoms with van der Waals surface area (Å²) < 4.78 is 5.96. The minimum atomic E-state index is -0.927. The van der Waals surface area contributed by atoms with Crippen molar-refractivity contribution < 1.29 is 24.2 Å². The molecule has 1 heterocycles. The molecule has 2 saturated carbocycles. The third-order valence-electron chi connectivity index (χ3n) is 9.37. The number of hydrogen-bond acceptors (Lipinski definition) is 6. The van der Waals surface area contributed by atoms with Crippen molar-refractivity contribution in [2.24, 2.45) is 5.92 Å². The number of ether oxygens (including phenoxy) is 1. The van der Waals surface area contributed by atoms with Crippen LogP contribution in [0.25, 0.3) is 22.4 Å². The maximum Gasteiger partial charge on any atom is 0.408 e. The summed E-state index contributed by atoms with van der Waals surface area (Å²) in [6.45, 7) is 9.03. The van der Waals surface area contributed by atoms with Crippen LogP contribution in [0, 0.1) is 5.92 Å². The number of anilines is 1. The van der Waals surface area contributed by atoms with Gasteiger partial charge in [0.05, 0.1) is 23.2 Å². The fourth-order valence-electron chi connectivity index (χ4n) is 7.02. The molecule has 2 aliphatic carbocycles. The summed E-state index contributed by atoms with van der Waals surface area (Å²) in [5, 5.41) is 16.5. The van der Waals surface area contributed by atoms with Gasteiger partial charge in [0.1, 0.15) is 5.60 Å². The van der Waals surface area contributed by atoms with Crippen LogP contribution in [0.1, 0.15) is 85.1 Å². The first-order chi connectivity index (χ1) is 22.1. The van der Waals surface area contributed by atoms with Crippen LogP contribution in [0.3, 0.4) is 0 Å². The predicted molar refractivity (Wildman–Crippen MR) is 183 cm³/mol. The molecule has 0 spiro atoms. The highest BCUT2D eigenvalue weighted by Crippen LogP contribution is 2.51. The first-order valence-electron chi connectivity index (χ1n) is 16.6. The van der Waals surface area contributed by atoms with E-state index in [2.05, 4.69) is 10.6 Å². The molecule has 3 amide bonds. The van der Waals surface area contributed by atoms with Crippen LogP contribution in [0.4, 0.5) is 10.5 Å². The molecule has 0 unspecified atom stereocenters. The van der Waals surface area contributed by atoms with Gasteiger partial charge >= 0.3 is 6.09 Å². The van der Waals surface area contributed by atoms with Crippen molar-refractivity contribution in [3.8, 4) is 22.4 Å². The van der Waals surface area contributed by atoms with E-state index in [1.165, 1.54) is 0 Å². The minimum absolute atomic E-state index is 0.0385. The Morgan fingerprint density at radius 2 is 1.62 bits per heavy atom. The lowest BCUT2D eigenvalue weighted by Gasteiger charge is -2.51. The predicted octanol–water partition coefficient (Wildman–Crippen LogP) is 7.05. The van der Waals surface area contributed by atoms with Crippen LogP contribution < -0.4 is 10.6 Å². The monoisotopic (exact) mass is 640 g/mol. The Labute approximate surface area is 278 Å². The molecule has 0 radical (unpaired) electrons. The standard InChI is InChI=1S/C38H48N4O5/c1-25(43)42(6)31-18-12-26(13-19-31)20-33(44)40-30-21-32(27-10-8-7-9-11-27)34(39-22-30)28-14-16-29(17-15-28)38(23-37(5,46)24-38)47-35(45)41-36(2,3)4/h7-11,14-17,21-22,26,31,46H,12-13,18-20,23-24H2,1-6H3,(H,40,44)(H,41,45). The topological polar surface area (TPSA) is 121 Å². The first kappa shape index (κ1) is 34.1. The average molecular weight is 641 g/mol. The Morgan fingerprint density at radius 3 is 2.19 bits per heavy atom. The number of hydrogen-bond donors (Lipinski definition) is 3. The highest BCUT2D eigenvalue weighted by Gasteiger charge is 2.55. The van der Waals surface area contributed by atoms with Gasteiger partial charge in [-0.1, -0.05) is 54.6 Å². The van der Waals surface area contributed by atoms with Gasteiger partial charge in [0.25, 0.3) is 0 Å². The number of carbonyl (C=O) groups is 3. The second-order valence-electron chi connectivity index (χ2n) is 14.7. The van der Waals surface area contributed by atoms with E-state index in [4.69, 9.17) is 9.72 Å². The van der Waals surface area contributed by atoms with E-state index in [1.807, 2.05) is 93.4 Å². The number of aliphatic hydroxyl groups is 1. The number of rotatable bonds is 8. The van der Waals surface area contributed by atoms with Crippen LogP contribution in [0.2, 0.25) is 0 Å². The molecule has 250 valence electrons. The van der Waals surface area contributed by atoms with Crippen LogP contribution in [0.15, 0.2) is 66.9 Å². The number of alkyl carbamates (subject to hydrolysis) is 1. The normalized spacial score (nSPS) is 24.1. The van der Waals surface area contributed by atoms with Gasteiger partial charge in [0.2, 0.25) is 11.8 Å². The number of carbonyl (C=O) groups excluding carboxylic acids is 3. The summed E-state index contributed by atoms with van der Waals surface area (Å²) in [5.74, 6) is 0.332. The largest absolute Gasteiger partial charge is 0.438 e. The lowest BCUT2D eigenvalue weighted by atomic mass is 9.65. The molecule has 0 saturated heterocycles. The van der Waals surface area contributed by atoms with Gasteiger partial charge in [-0.2, -0.15) is 0 Å². The molecule has 47 heavy (non-hydrogen) atoms. The van der Waals surface area contributed by atoms with E-state index in [0.717, 1.165) is 53.6 Å². The number of nitrogens with one attached hydrogen (secondary N) is 2. The Balaban J connectivity index is 1.33. The first-order valence-corrected chi connectivity index (χ1v) is 16.6. The van der Waals surface area contributed by atoms with Crippen molar-refractivity contribution in [3.05, 3.63) is 72.4 Å². The van der Waals surface area contributed by atoms with Crippen molar-refractivity contribution in [1.29, 1.82) is 0 Å². The van der Waals surface area contributed by atoms with Crippen molar-refractivity contribution >= 4 is 23.6 Å². The van der Waals surface area contributed by atoms with E-state index in [0.29, 0.717) is 24.9 Å². The number of nitrogens with zero attached hydrogens (tertiary/aromatic N) is 2. The number of aromatic nitrogens is 1. The third-order valence-corrected chi connectivity index (χ3v) is 9.37. The Kier molecular flexibility index (Phi) is 9.78. The SMILES string of the molecule is CC(=O)N(C)C1CCC(CC(=O)Nc2cnc(-c3ccc(C4(OC(=O)NC(C)(C)C)CC(C)(O)C4)cc3)c(-c3ccccc3)c2)CC1. The second-order valence-corrected chi connectivity index (χ2v) is 14.7. The van der Waals surface area contributed by atoms with Crippen LogP contribution >= 0.6 is 0 Å². The van der Waals surface area contributed by atoms with Gasteiger partial charge in [-0.3, -0.25) is 14.6 Å². The summed E-state index contributed by atoms with van der Waals surface area (Å²) in [7, 11) is 1.86. The molecule has 3 N–H and O–H groups in total. The molecule has 0 aliphatic heterocycles. The minimum Gasteiger partial charge on any atom is -0.438 e. The third kappa shape index (κ3) is 8.38. The Morgan fingerprint density at radius 1 is 0.979 bits per heavy atom. The van der Waals surface area contributed by atoms with Gasteiger partial charge < -0.3 is 25.4 Å². The molecular weight excluding hydrogens is 592 g/mol. The van der Waals surface area contributed by atoms with Crippen molar-refractivity contribution in [3.63, 3.8) is 0 Å². The zero-order valence-corrected chi connectivity index (χ0v) is 28.4. The second kappa shape index (κ2) is 13.5. The smallest absolute Gasteiger partial charge is 0.408 e. The van der Waals surface area contributed by atoms with Gasteiger partial charge in [-0.05, 0) is 76.5 Å². The summed E-state index contributed by atoms with van der Waals surface area (Å²) >= 11 is 0. The summed E-state index contributed by atoms with van der Waals surface area (Å²) in [5.41, 5.74) is 2.62. The van der Waals surface area contributed by atoms with Gasteiger partial charge in [-0.25, -0.2) is 4.79 Å². The summed E-state index contributed by atoms with van der Waals surface area (Å²) in [4.78, 5) is 44.2. The van der Waals surface area contributed by atoms with Gasteiger partial charge in [0.15, 0.2) is 0 Å². The summed E-state index contributed by atoms with van der Waals surface area (Å²) in [6, 6.07) is 19.9. The Hall–Kier alpha value is -4.24. The summed E-state index contributed by atoms with van der Waals surface area (Å²) in [6.07, 6.45) is 5.88. The molecule has 2 aliphatic rings. The van der Waals surface area contributed by atoms with Gasteiger partial charge in [-0.15, -0.1) is 0 Å². The molecule has 9 nitrogen and oxygen atoms in total. The van der Waals surface area contributed by atoms with E-state index in [9.17, 15) is 19.5 Å². The average Bonchev–Trinajstić information content (AvgIpc) is 2.99. The molecule has 2 fully saturated rings. The van der Waals surface area contributed by atoms with Gasteiger partial charge in [0, 0.05) is 55.9 Å². The van der Waals surface area contributed by atoms with Crippen molar-refractivity contribution in [2.75, 3.05) is 12.4 Å². The van der Waals surface area contributed by atoms with Crippen LogP contribution in [0.5, 0.6) is 0 Å². The number of amides is 3. The number of benzene rings is 2. The van der Waals surface area contributed by atoms with Crippen molar-refractivity contribution in [2.45, 2.75) is 102 Å². The molecule has 1 aromatic heterocycles. The molecule has 5 rings (SSSR count). The lowest BCUT2D eigenvalue weighted by Crippen LogP contribution is -2.57. The highest BCUT2D eigenvalue weighted by molar-refractivity contribution is 5.93. The molecule has 0 bridgehead atoms. The Bertz CT molecular complexity index is 1580. The highest BCUT2D eigenvalue weighted by atomic mass is 16.6. The lowest BCUT2D eigenvalue weighted by molar-refractivity contribution is -0.177. The van der Waals surface area contributed by atoms with Crippen molar-refractivity contribution in [1.82, 2.24) is 15.2 Å². The molecular formula is C38H48N4O5. The molecule has 9 heteroatoms. The molecule has 3 aromatic rings. The number of pyridine rings is 1. The molecule has 0 atom stereocenters. The quantitative estimate of drug-likeness (QED) is 0.243. The van der Waals surface area contributed by atoms with E-state index < -0.39 is 22.8 Å². The maximum absolute atomic E-state index is 13.1. The van der Waals surface area contributed by atoms with E-state index in [1.54, 1.807) is 20.0 Å². The maximum atomic E-state index is 13.1. The van der Waals surface area contributed by atoms with Crippen LogP contribution in [-0.4, -0.2) is 57.1 Å². The van der Waals surface area contributed by atoms with E-state index in [-0.39, 0.29) is 23.8 Å². The van der Waals surface area contributed by atoms with E-state index >= 15 is 0 Å². The molecule has 2 aromatic carbocycles. The fourth-order valence-corrected chi connectivity index (χ4v) is 7.02.